The first-order valence-corrected chi connectivity index (χ1v) is 8.56. The molecule has 0 atom stereocenters. The molecule has 13 nitrogen and oxygen atoms in total. The molecule has 0 aliphatic carbocycles. The molecule has 0 unspecified atom stereocenters. The van der Waals surface area contributed by atoms with Crippen molar-refractivity contribution in [3.63, 3.8) is 0 Å². The van der Waals surface area contributed by atoms with Crippen molar-refractivity contribution in [2.75, 3.05) is 12.4 Å². The van der Waals surface area contributed by atoms with E-state index in [0.29, 0.717) is 5.69 Å². The SMILES string of the molecule is COc1cc(NC(=O)c2ccn(Cn3nc(C)c([N+](=O)[O-])c3C)n2)cc([N+](=O)[O-])c1. The van der Waals surface area contributed by atoms with Gasteiger partial charge in [0, 0.05) is 18.3 Å². The highest BCUT2D eigenvalue weighted by atomic mass is 16.6. The first-order chi connectivity index (χ1) is 14.2. The number of hydrogen-bond acceptors (Lipinski definition) is 8. The Morgan fingerprint density at radius 2 is 1.90 bits per heavy atom. The van der Waals surface area contributed by atoms with Gasteiger partial charge in [-0.15, -0.1) is 0 Å². The van der Waals surface area contributed by atoms with Crippen molar-refractivity contribution in [3.05, 3.63) is 67.8 Å². The number of nitrogens with zero attached hydrogens (tertiary/aromatic N) is 6. The van der Waals surface area contributed by atoms with Gasteiger partial charge in [-0.3, -0.25) is 29.7 Å². The van der Waals surface area contributed by atoms with E-state index in [1.807, 2.05) is 0 Å². The van der Waals surface area contributed by atoms with E-state index in [-0.39, 0.29) is 40.9 Å². The van der Waals surface area contributed by atoms with Gasteiger partial charge in [0.05, 0.1) is 28.7 Å². The highest BCUT2D eigenvalue weighted by molar-refractivity contribution is 6.03. The molecule has 0 bridgehead atoms. The highest BCUT2D eigenvalue weighted by Gasteiger charge is 2.22. The summed E-state index contributed by atoms with van der Waals surface area (Å²) in [5, 5.41) is 32.9. The third-order valence-electron chi connectivity index (χ3n) is 4.27. The Hall–Kier alpha value is -4.29. The average molecular weight is 415 g/mol. The standard InChI is InChI=1S/C17H17N7O6/c1-10-16(24(28)29)11(2)22(19-10)9-21-5-4-15(20-21)17(25)18-12-6-13(23(26)27)8-14(7-12)30-3/h4-8H,9H2,1-3H3,(H,18,25). The number of nitro groups is 2. The second kappa shape index (κ2) is 7.98. The van der Waals surface area contributed by atoms with Crippen molar-refractivity contribution in [2.24, 2.45) is 0 Å². The molecule has 13 heteroatoms. The zero-order valence-electron chi connectivity index (χ0n) is 16.2. The largest absolute Gasteiger partial charge is 0.496 e. The topological polar surface area (TPSA) is 160 Å². The maximum atomic E-state index is 12.5. The normalized spacial score (nSPS) is 10.6. The van der Waals surface area contributed by atoms with Gasteiger partial charge in [0.15, 0.2) is 5.69 Å². The van der Waals surface area contributed by atoms with Gasteiger partial charge in [0.2, 0.25) is 0 Å². The molecule has 0 saturated heterocycles. The molecule has 0 spiro atoms. The molecule has 30 heavy (non-hydrogen) atoms. The number of hydrogen-bond donors (Lipinski definition) is 1. The van der Waals surface area contributed by atoms with E-state index in [4.69, 9.17) is 4.74 Å². The maximum absolute atomic E-state index is 12.5. The maximum Gasteiger partial charge on any atom is 0.312 e. The van der Waals surface area contributed by atoms with Crippen molar-refractivity contribution in [2.45, 2.75) is 20.5 Å². The van der Waals surface area contributed by atoms with Crippen LogP contribution in [0.1, 0.15) is 21.9 Å². The van der Waals surface area contributed by atoms with Crippen LogP contribution >= 0.6 is 0 Å². The molecular weight excluding hydrogens is 398 g/mol. The van der Waals surface area contributed by atoms with E-state index < -0.39 is 15.8 Å². The minimum Gasteiger partial charge on any atom is -0.496 e. The summed E-state index contributed by atoms with van der Waals surface area (Å²) < 4.78 is 7.82. The fraction of sp³-hybridized carbons (Fsp3) is 0.235. The summed E-state index contributed by atoms with van der Waals surface area (Å²) in [6, 6.07) is 5.32. The first kappa shape index (κ1) is 20.4. The van der Waals surface area contributed by atoms with Crippen LogP contribution in [0.15, 0.2) is 30.5 Å². The van der Waals surface area contributed by atoms with Crippen LogP contribution in [0, 0.1) is 34.1 Å². The van der Waals surface area contributed by atoms with Crippen molar-refractivity contribution in [1.82, 2.24) is 19.6 Å². The van der Waals surface area contributed by atoms with Crippen molar-refractivity contribution >= 4 is 23.0 Å². The van der Waals surface area contributed by atoms with Gasteiger partial charge in [0.25, 0.3) is 11.6 Å². The van der Waals surface area contributed by atoms with Gasteiger partial charge >= 0.3 is 5.69 Å². The smallest absolute Gasteiger partial charge is 0.312 e. The number of methoxy groups -OCH3 is 1. The van der Waals surface area contributed by atoms with Crippen LogP contribution in [-0.4, -0.2) is 42.4 Å². The second-order valence-corrected chi connectivity index (χ2v) is 6.29. The van der Waals surface area contributed by atoms with Gasteiger partial charge in [-0.1, -0.05) is 0 Å². The Labute approximate surface area is 169 Å². The number of nitro benzene ring substituents is 1. The molecule has 0 saturated carbocycles. The van der Waals surface area contributed by atoms with Crippen LogP contribution in [0.25, 0.3) is 0 Å². The third kappa shape index (κ3) is 4.09. The number of aromatic nitrogens is 4. The lowest BCUT2D eigenvalue weighted by molar-refractivity contribution is -0.386. The Kier molecular flexibility index (Phi) is 5.44. The molecule has 0 fully saturated rings. The molecule has 1 amide bonds. The van der Waals surface area contributed by atoms with E-state index in [0.717, 1.165) is 0 Å². The molecule has 0 radical (unpaired) electrons. The summed E-state index contributed by atoms with van der Waals surface area (Å²) in [5.41, 5.74) is 0.567. The van der Waals surface area contributed by atoms with E-state index >= 15 is 0 Å². The van der Waals surface area contributed by atoms with Gasteiger partial charge in [-0.05, 0) is 19.9 Å². The predicted molar refractivity (Wildman–Crippen MR) is 104 cm³/mol. The molecule has 3 aromatic rings. The van der Waals surface area contributed by atoms with Crippen LogP contribution in [-0.2, 0) is 6.67 Å². The number of benzene rings is 1. The molecule has 0 aliphatic heterocycles. The zero-order valence-corrected chi connectivity index (χ0v) is 16.2. The summed E-state index contributed by atoms with van der Waals surface area (Å²) in [7, 11) is 1.36. The lowest BCUT2D eigenvalue weighted by atomic mass is 10.2. The summed E-state index contributed by atoms with van der Waals surface area (Å²) in [6.07, 6.45) is 1.52. The molecule has 2 aromatic heterocycles. The highest BCUT2D eigenvalue weighted by Crippen LogP contribution is 2.26. The lowest BCUT2D eigenvalue weighted by Crippen LogP contribution is -2.16. The minimum atomic E-state index is -0.597. The summed E-state index contributed by atoms with van der Waals surface area (Å²) in [6.45, 7) is 3.18. The monoisotopic (exact) mass is 415 g/mol. The van der Waals surface area contributed by atoms with Gasteiger partial charge in [-0.2, -0.15) is 10.2 Å². The fourth-order valence-corrected chi connectivity index (χ4v) is 2.86. The summed E-state index contributed by atoms with van der Waals surface area (Å²) in [4.78, 5) is 33.5. The summed E-state index contributed by atoms with van der Waals surface area (Å²) in [5.74, 6) is -0.369. The number of non-ortho nitro benzene ring substituents is 1. The number of amides is 1. The lowest BCUT2D eigenvalue weighted by Gasteiger charge is -2.06. The number of ether oxygens (including phenoxy) is 1. The molecular formula is C17H17N7O6. The average Bonchev–Trinajstić information content (AvgIpc) is 3.26. The Morgan fingerprint density at radius 3 is 2.50 bits per heavy atom. The van der Waals surface area contributed by atoms with E-state index in [9.17, 15) is 25.0 Å². The molecule has 0 aliphatic rings. The minimum absolute atomic E-state index is 0.0523. The first-order valence-electron chi connectivity index (χ1n) is 8.56. The number of aryl methyl sites for hydroxylation is 1. The third-order valence-corrected chi connectivity index (χ3v) is 4.27. The zero-order chi connectivity index (χ0) is 22.0. The second-order valence-electron chi connectivity index (χ2n) is 6.29. The molecule has 1 aromatic carbocycles. The van der Waals surface area contributed by atoms with E-state index in [2.05, 4.69) is 15.5 Å². The van der Waals surface area contributed by atoms with E-state index in [1.165, 1.54) is 53.9 Å². The number of carbonyl (C=O) groups is 1. The molecule has 156 valence electrons. The quantitative estimate of drug-likeness (QED) is 0.454. The van der Waals surface area contributed by atoms with Crippen molar-refractivity contribution in [3.8, 4) is 5.75 Å². The summed E-state index contributed by atoms with van der Waals surface area (Å²) >= 11 is 0. The molecule has 3 rings (SSSR count). The number of nitrogens with one attached hydrogen (secondary N) is 1. The van der Waals surface area contributed by atoms with Crippen LogP contribution < -0.4 is 10.1 Å². The van der Waals surface area contributed by atoms with Gasteiger partial charge < -0.3 is 10.1 Å². The van der Waals surface area contributed by atoms with Gasteiger partial charge in [0.1, 0.15) is 23.8 Å². The van der Waals surface area contributed by atoms with Crippen LogP contribution in [0.3, 0.4) is 0 Å². The van der Waals surface area contributed by atoms with Crippen molar-refractivity contribution in [1.29, 1.82) is 0 Å². The fourth-order valence-electron chi connectivity index (χ4n) is 2.86. The van der Waals surface area contributed by atoms with Crippen LogP contribution in [0.2, 0.25) is 0 Å². The Bertz CT molecular complexity index is 1150. The predicted octanol–water partition coefficient (Wildman–Crippen LogP) is 2.28. The molecule has 2 heterocycles. The number of rotatable bonds is 7. The van der Waals surface area contributed by atoms with Gasteiger partial charge in [-0.25, -0.2) is 4.68 Å². The Balaban J connectivity index is 1.78. The van der Waals surface area contributed by atoms with E-state index in [1.54, 1.807) is 6.92 Å². The van der Waals surface area contributed by atoms with Crippen LogP contribution in [0.4, 0.5) is 17.1 Å². The number of carbonyl (C=O) groups excluding carboxylic acids is 1. The van der Waals surface area contributed by atoms with Crippen LogP contribution in [0.5, 0.6) is 5.75 Å². The van der Waals surface area contributed by atoms with Crippen molar-refractivity contribution < 1.29 is 19.4 Å². The Morgan fingerprint density at radius 1 is 1.17 bits per heavy atom. The molecule has 1 N–H and O–H groups in total. The number of anilines is 1.